The normalized spacial score (nSPS) is 11.0. The van der Waals surface area contributed by atoms with Crippen molar-refractivity contribution in [3.63, 3.8) is 0 Å². The van der Waals surface area contributed by atoms with Crippen molar-refractivity contribution in [2.75, 3.05) is 13.2 Å². The summed E-state index contributed by atoms with van der Waals surface area (Å²) in [5.41, 5.74) is -0.594. The van der Waals surface area contributed by atoms with Crippen LogP contribution in [0.3, 0.4) is 0 Å². The maximum atomic E-state index is 13.0. The van der Waals surface area contributed by atoms with Crippen LogP contribution >= 0.6 is 0 Å². The molecule has 7 nitrogen and oxygen atoms in total. The minimum absolute atomic E-state index is 0.0322. The number of ether oxygens (including phenoxy) is 2. The van der Waals surface area contributed by atoms with Gasteiger partial charge in [0.25, 0.3) is 0 Å². The first kappa shape index (κ1) is 27.3. The third-order valence-electron chi connectivity index (χ3n) is 5.25. The Hall–Kier alpha value is -2.70. The van der Waals surface area contributed by atoms with Crippen LogP contribution in [0.5, 0.6) is 0 Å². The summed E-state index contributed by atoms with van der Waals surface area (Å²) in [4.78, 5) is 49.8. The van der Waals surface area contributed by atoms with E-state index in [0.717, 1.165) is 24.8 Å². The Morgan fingerprint density at radius 2 is 1.34 bits per heavy atom. The molecule has 0 aliphatic rings. The highest BCUT2D eigenvalue weighted by molar-refractivity contribution is 6.10. The summed E-state index contributed by atoms with van der Waals surface area (Å²) in [7, 11) is 0. The summed E-state index contributed by atoms with van der Waals surface area (Å²) in [5.74, 6) is -3.08. The van der Waals surface area contributed by atoms with Crippen LogP contribution in [0.1, 0.15) is 83.8 Å². The number of hydrogen-bond donors (Lipinski definition) is 1. The quantitative estimate of drug-likeness (QED) is 0.263. The van der Waals surface area contributed by atoms with E-state index in [1.165, 1.54) is 32.6 Å². The number of hydrogen-bond acceptors (Lipinski definition) is 6. The minimum atomic E-state index is -1.98. The highest BCUT2D eigenvalue weighted by atomic mass is 16.6. The lowest BCUT2D eigenvalue weighted by atomic mass is 9.76. The lowest BCUT2D eigenvalue weighted by Crippen LogP contribution is -2.50. The van der Waals surface area contributed by atoms with E-state index in [2.05, 4.69) is 12.2 Å². The summed E-state index contributed by atoms with van der Waals surface area (Å²) >= 11 is 0. The van der Waals surface area contributed by atoms with Crippen LogP contribution in [0.15, 0.2) is 24.3 Å². The summed E-state index contributed by atoms with van der Waals surface area (Å²) in [6.45, 7) is 6.68. The molecule has 1 rings (SSSR count). The van der Waals surface area contributed by atoms with E-state index >= 15 is 0 Å². The van der Waals surface area contributed by atoms with E-state index in [-0.39, 0.29) is 13.2 Å². The predicted molar refractivity (Wildman–Crippen MR) is 122 cm³/mol. The largest absolute Gasteiger partial charge is 0.465 e. The van der Waals surface area contributed by atoms with Crippen LogP contribution in [-0.4, -0.2) is 37.0 Å². The highest BCUT2D eigenvalue weighted by Gasteiger charge is 2.52. The summed E-state index contributed by atoms with van der Waals surface area (Å²) in [6, 6.07) is 7.05. The monoisotopic (exact) mass is 447 g/mol. The van der Waals surface area contributed by atoms with E-state index < -0.39 is 35.6 Å². The van der Waals surface area contributed by atoms with Crippen LogP contribution in [0.25, 0.3) is 0 Å². The fraction of sp³-hybridized carbons (Fsp3) is 0.600. The molecule has 0 fully saturated rings. The first-order valence-corrected chi connectivity index (χ1v) is 11.6. The molecule has 178 valence electrons. The average Bonchev–Trinajstić information content (AvgIpc) is 2.74. The van der Waals surface area contributed by atoms with Gasteiger partial charge >= 0.3 is 11.9 Å². The molecule has 0 saturated heterocycles. The van der Waals surface area contributed by atoms with E-state index in [9.17, 15) is 19.2 Å². The van der Waals surface area contributed by atoms with Crippen molar-refractivity contribution >= 4 is 23.8 Å². The predicted octanol–water partition coefficient (Wildman–Crippen LogP) is 4.01. The summed E-state index contributed by atoms with van der Waals surface area (Å²) in [6.07, 6.45) is 7.47. The number of benzene rings is 1. The number of rotatable bonds is 14. The maximum Gasteiger partial charge on any atom is 0.328 e. The topological polar surface area (TPSA) is 98.8 Å². The zero-order chi connectivity index (χ0) is 24.0. The van der Waals surface area contributed by atoms with Gasteiger partial charge < -0.3 is 9.47 Å². The number of imide groups is 1. The number of carbonyl (C=O) groups excluding carboxylic acids is 4. The van der Waals surface area contributed by atoms with Gasteiger partial charge in [-0.15, -0.1) is 0 Å². The molecule has 0 aromatic heterocycles. The smallest absolute Gasteiger partial charge is 0.328 e. The standard InChI is InChI=1S/C25H37NO6/c1-5-8-9-10-11-12-13-20-14-16-21(17-15-20)25(23(29)31-6-2,24(30)32-7-3)18-22(28)26-19(4)27/h14-17H,5-13,18H2,1-4H3,(H,26,27,28). The van der Waals surface area contributed by atoms with Crippen LogP contribution in [-0.2, 0) is 40.5 Å². The van der Waals surface area contributed by atoms with Gasteiger partial charge in [0.05, 0.1) is 19.6 Å². The Morgan fingerprint density at radius 1 is 0.812 bits per heavy atom. The number of aryl methyl sites for hydroxylation is 1. The lowest BCUT2D eigenvalue weighted by molar-refractivity contribution is -0.167. The molecule has 1 N–H and O–H groups in total. The molecule has 0 saturated carbocycles. The first-order chi connectivity index (χ1) is 15.3. The van der Waals surface area contributed by atoms with Gasteiger partial charge in [0.15, 0.2) is 5.41 Å². The molecule has 0 bridgehead atoms. The van der Waals surface area contributed by atoms with Gasteiger partial charge in [-0.25, -0.2) is 0 Å². The highest BCUT2D eigenvalue weighted by Crippen LogP contribution is 2.32. The molecular weight excluding hydrogens is 410 g/mol. The number of unbranched alkanes of at least 4 members (excludes halogenated alkanes) is 5. The summed E-state index contributed by atoms with van der Waals surface area (Å²) in [5, 5.41) is 2.13. The van der Waals surface area contributed by atoms with Gasteiger partial charge in [-0.1, -0.05) is 63.3 Å². The van der Waals surface area contributed by atoms with Crippen molar-refractivity contribution < 1.29 is 28.7 Å². The zero-order valence-electron chi connectivity index (χ0n) is 19.8. The Labute approximate surface area is 191 Å². The number of amides is 2. The molecule has 0 radical (unpaired) electrons. The van der Waals surface area contributed by atoms with Gasteiger partial charge in [-0.3, -0.25) is 24.5 Å². The second kappa shape index (κ2) is 14.4. The SMILES string of the molecule is CCCCCCCCc1ccc(C(CC(=O)NC(C)=O)(C(=O)OCC)C(=O)OCC)cc1. The number of carbonyl (C=O) groups is 4. The van der Waals surface area contributed by atoms with Gasteiger partial charge in [0.1, 0.15) is 0 Å². The van der Waals surface area contributed by atoms with Crippen LogP contribution in [0.4, 0.5) is 0 Å². The molecule has 2 amide bonds. The van der Waals surface area contributed by atoms with Gasteiger partial charge in [-0.05, 0) is 37.8 Å². The van der Waals surface area contributed by atoms with Crippen LogP contribution < -0.4 is 5.32 Å². The van der Waals surface area contributed by atoms with Crippen molar-refractivity contribution in [3.8, 4) is 0 Å². The zero-order valence-corrected chi connectivity index (χ0v) is 19.8. The third kappa shape index (κ3) is 8.09. The van der Waals surface area contributed by atoms with Gasteiger partial charge in [-0.2, -0.15) is 0 Å². The third-order valence-corrected chi connectivity index (χ3v) is 5.25. The molecule has 7 heteroatoms. The minimum Gasteiger partial charge on any atom is -0.465 e. The maximum absolute atomic E-state index is 13.0. The Balaban J connectivity index is 3.16. The van der Waals surface area contributed by atoms with Crippen molar-refractivity contribution in [2.24, 2.45) is 0 Å². The molecular formula is C25H37NO6. The van der Waals surface area contributed by atoms with E-state index in [4.69, 9.17) is 9.47 Å². The molecule has 32 heavy (non-hydrogen) atoms. The number of nitrogens with one attached hydrogen (secondary N) is 1. The van der Waals surface area contributed by atoms with Crippen molar-refractivity contribution in [1.29, 1.82) is 0 Å². The van der Waals surface area contributed by atoms with Crippen molar-refractivity contribution in [2.45, 2.75) is 84.5 Å². The van der Waals surface area contributed by atoms with Crippen molar-refractivity contribution in [1.82, 2.24) is 5.32 Å². The van der Waals surface area contributed by atoms with Crippen LogP contribution in [0.2, 0.25) is 0 Å². The number of esters is 2. The second-order valence-corrected chi connectivity index (χ2v) is 7.84. The molecule has 0 unspecified atom stereocenters. The molecule has 0 atom stereocenters. The van der Waals surface area contributed by atoms with Gasteiger partial charge in [0.2, 0.25) is 11.8 Å². The Bertz CT molecular complexity index is 738. The first-order valence-electron chi connectivity index (χ1n) is 11.6. The van der Waals surface area contributed by atoms with Crippen molar-refractivity contribution in [3.05, 3.63) is 35.4 Å². The van der Waals surface area contributed by atoms with Crippen LogP contribution in [0, 0.1) is 0 Å². The molecule has 0 aliphatic heterocycles. The van der Waals surface area contributed by atoms with E-state index in [1.807, 2.05) is 12.1 Å². The summed E-state index contributed by atoms with van der Waals surface area (Å²) < 4.78 is 10.3. The average molecular weight is 448 g/mol. The van der Waals surface area contributed by atoms with E-state index in [0.29, 0.717) is 5.56 Å². The fourth-order valence-corrected chi connectivity index (χ4v) is 3.62. The lowest BCUT2D eigenvalue weighted by Gasteiger charge is -2.29. The fourth-order valence-electron chi connectivity index (χ4n) is 3.62. The molecule has 1 aromatic rings. The molecule has 0 heterocycles. The second-order valence-electron chi connectivity index (χ2n) is 7.84. The Kier molecular flexibility index (Phi) is 12.3. The van der Waals surface area contributed by atoms with E-state index in [1.54, 1.807) is 26.0 Å². The Morgan fingerprint density at radius 3 is 1.84 bits per heavy atom. The molecule has 1 aromatic carbocycles. The van der Waals surface area contributed by atoms with Gasteiger partial charge in [0, 0.05) is 6.92 Å². The molecule has 0 spiro atoms. The molecule has 0 aliphatic carbocycles.